The predicted molar refractivity (Wildman–Crippen MR) is 383 cm³/mol. The van der Waals surface area contributed by atoms with Crippen molar-refractivity contribution < 1.29 is 8.83 Å². The molecule has 0 saturated heterocycles. The quantitative estimate of drug-likeness (QED) is 0.137. The van der Waals surface area contributed by atoms with Gasteiger partial charge in [0.15, 0.2) is 11.2 Å². The van der Waals surface area contributed by atoms with E-state index in [4.69, 9.17) is 8.83 Å². The summed E-state index contributed by atoms with van der Waals surface area (Å²) in [5.41, 5.74) is 27.2. The predicted octanol–water partition coefficient (Wildman–Crippen LogP) is 25.0. The molecule has 2 saturated carbocycles. The number of anilines is 6. The lowest BCUT2D eigenvalue weighted by molar-refractivity contribution is 0.442. The lowest BCUT2D eigenvalue weighted by Crippen LogP contribution is -2.29. The van der Waals surface area contributed by atoms with Gasteiger partial charge in [0.25, 0.3) is 0 Å². The number of hydrogen-bond acceptors (Lipinski definition) is 4. The molecule has 0 spiro atoms. The first-order valence-electron chi connectivity index (χ1n) is 33.5. The van der Waals surface area contributed by atoms with Crippen molar-refractivity contribution in [1.29, 1.82) is 0 Å². The van der Waals surface area contributed by atoms with E-state index in [0.29, 0.717) is 11.8 Å². The highest BCUT2D eigenvalue weighted by molar-refractivity contribution is 6.20. The first-order chi connectivity index (χ1) is 44.6. The minimum absolute atomic E-state index is 0.485. The second kappa shape index (κ2) is 21.8. The van der Waals surface area contributed by atoms with Crippen molar-refractivity contribution in [3.63, 3.8) is 0 Å². The number of para-hydroxylation sites is 4. The summed E-state index contributed by atoms with van der Waals surface area (Å²) >= 11 is 0. The molecule has 446 valence electrons. The van der Waals surface area contributed by atoms with E-state index in [9.17, 15) is 0 Å². The van der Waals surface area contributed by atoms with Crippen molar-refractivity contribution in [3.05, 3.63) is 285 Å². The molecule has 4 nitrogen and oxygen atoms in total. The molecule has 91 heavy (non-hydrogen) atoms. The fraction of sp³-hybridized carbons (Fsp3) is 0.218. The van der Waals surface area contributed by atoms with Gasteiger partial charge in [-0.1, -0.05) is 208 Å². The topological polar surface area (TPSA) is 32.8 Å². The average Bonchev–Trinajstić information content (AvgIpc) is 1.52. The SMILES string of the molecule is Cc1cc(N(c2cc3c(c4ccccc24)-c2c(cc(N(c4cc(C)c(C)c(C)c4)c4cccc5c4oc4c(C6CCCCC6)cccc45)c4ccccc24)C3(c2ccccc2)c2ccccc2)c2cccc3c2oc2c(C4CCCCC4)cccc23)cc(C)c1C. The van der Waals surface area contributed by atoms with Gasteiger partial charge in [0.2, 0.25) is 0 Å². The second-order valence-corrected chi connectivity index (χ2v) is 26.9. The van der Waals surface area contributed by atoms with Crippen LogP contribution in [0.2, 0.25) is 0 Å². The molecule has 4 heteroatoms. The number of benzene rings is 12. The van der Waals surface area contributed by atoms with E-state index in [0.717, 1.165) is 67.2 Å². The molecule has 3 aliphatic rings. The summed E-state index contributed by atoms with van der Waals surface area (Å²) in [7, 11) is 0. The zero-order chi connectivity index (χ0) is 61.2. The van der Waals surface area contributed by atoms with Crippen molar-refractivity contribution in [3.8, 4) is 11.1 Å². The Bertz CT molecular complexity index is 4850. The van der Waals surface area contributed by atoms with Crippen LogP contribution in [-0.2, 0) is 5.41 Å². The Labute approximate surface area is 534 Å². The normalized spacial score (nSPS) is 15.1. The molecule has 0 amide bonds. The van der Waals surface area contributed by atoms with Gasteiger partial charge in [0.05, 0.1) is 28.2 Å². The first-order valence-corrected chi connectivity index (χ1v) is 33.5. The molecule has 0 radical (unpaired) electrons. The highest BCUT2D eigenvalue weighted by atomic mass is 16.3. The summed E-state index contributed by atoms with van der Waals surface area (Å²) in [6.07, 6.45) is 12.4. The Kier molecular flexibility index (Phi) is 13.3. The van der Waals surface area contributed by atoms with Crippen LogP contribution in [0.25, 0.3) is 76.5 Å². The standard InChI is InChI=1S/C87H76N2O2/c1-53-47-63(48-54(2)57(53)5)88(77-45-25-43-73-71-41-23-39-65(83(71)90-85(73)77)59-27-11-7-12-28-59)79-51-75-81(69-37-21-19-35-67(69)79)82-70-38-22-20-36-68(70)80(52-76(82)87(75,61-31-15-9-16-32-61)62-33-17-10-18-34-62)89(64-49-55(3)58(6)56(4)50-64)78-46-26-44-74-72-42-24-40-66(84(72)91-86(74)78)60-29-13-8-14-30-60/h9-10,15-26,31-52,59-60H,7-8,11-14,27-30H2,1-6H3. The maximum Gasteiger partial charge on any atom is 0.159 e. The Morgan fingerprint density at radius 1 is 0.308 bits per heavy atom. The lowest BCUT2D eigenvalue weighted by Gasteiger charge is -2.36. The van der Waals surface area contributed by atoms with Crippen molar-refractivity contribution in [2.75, 3.05) is 9.80 Å². The van der Waals surface area contributed by atoms with Gasteiger partial charge in [-0.2, -0.15) is 0 Å². The molecule has 0 N–H and O–H groups in total. The van der Waals surface area contributed by atoms with Crippen LogP contribution in [0.15, 0.2) is 227 Å². The molecule has 0 bridgehead atoms. The van der Waals surface area contributed by atoms with E-state index in [2.05, 4.69) is 270 Å². The number of furan rings is 2. The minimum Gasteiger partial charge on any atom is -0.454 e. The summed E-state index contributed by atoms with van der Waals surface area (Å²) in [5.74, 6) is 0.969. The van der Waals surface area contributed by atoms with Crippen LogP contribution in [0.4, 0.5) is 34.1 Å². The number of aryl methyl sites for hydroxylation is 4. The summed E-state index contributed by atoms with van der Waals surface area (Å²) in [6, 6.07) is 83.5. The number of fused-ring (bicyclic) bond motifs is 13. The highest BCUT2D eigenvalue weighted by Gasteiger charge is 2.49. The molecule has 2 fully saturated rings. The van der Waals surface area contributed by atoms with Crippen LogP contribution in [0.5, 0.6) is 0 Å². The maximum absolute atomic E-state index is 7.51. The molecule has 0 atom stereocenters. The van der Waals surface area contributed by atoms with E-state index in [-0.39, 0.29) is 0 Å². The fourth-order valence-electron chi connectivity index (χ4n) is 17.1. The third kappa shape index (κ3) is 8.54. The molecule has 2 aromatic heterocycles. The maximum atomic E-state index is 7.51. The van der Waals surface area contributed by atoms with Gasteiger partial charge in [0.1, 0.15) is 11.2 Å². The zero-order valence-corrected chi connectivity index (χ0v) is 53.2. The third-order valence-corrected chi connectivity index (χ3v) is 22.0. The van der Waals surface area contributed by atoms with Crippen LogP contribution in [0.1, 0.15) is 143 Å². The summed E-state index contributed by atoms with van der Waals surface area (Å²) in [5, 5.41) is 9.39. The Morgan fingerprint density at radius 3 is 1.02 bits per heavy atom. The van der Waals surface area contributed by atoms with Gasteiger partial charge in [-0.05, 0) is 216 Å². The summed E-state index contributed by atoms with van der Waals surface area (Å²) in [6.45, 7) is 13.6. The van der Waals surface area contributed by atoms with E-state index >= 15 is 0 Å². The monoisotopic (exact) mass is 1180 g/mol. The summed E-state index contributed by atoms with van der Waals surface area (Å²) in [4.78, 5) is 5.11. The zero-order valence-electron chi connectivity index (χ0n) is 53.2. The van der Waals surface area contributed by atoms with E-state index < -0.39 is 5.41 Å². The van der Waals surface area contributed by atoms with Gasteiger partial charge < -0.3 is 18.6 Å². The molecule has 14 aromatic rings. The molecule has 2 heterocycles. The van der Waals surface area contributed by atoms with Crippen molar-refractivity contribution in [2.24, 2.45) is 0 Å². The van der Waals surface area contributed by atoms with Gasteiger partial charge >= 0.3 is 0 Å². The van der Waals surface area contributed by atoms with Crippen molar-refractivity contribution >= 4 is 99.5 Å². The van der Waals surface area contributed by atoms with Crippen LogP contribution in [0.3, 0.4) is 0 Å². The molecule has 0 aliphatic heterocycles. The average molecular weight is 1180 g/mol. The van der Waals surface area contributed by atoms with Crippen molar-refractivity contribution in [2.45, 2.75) is 123 Å². The number of nitrogens with zero attached hydrogens (tertiary/aromatic N) is 2. The van der Waals surface area contributed by atoms with E-state index in [1.807, 2.05) is 0 Å². The highest BCUT2D eigenvalue weighted by Crippen LogP contribution is 2.63. The van der Waals surface area contributed by atoms with Gasteiger partial charge in [-0.25, -0.2) is 0 Å². The number of hydrogen-bond donors (Lipinski definition) is 0. The van der Waals surface area contributed by atoms with Crippen LogP contribution in [0, 0.1) is 41.5 Å². The summed E-state index contributed by atoms with van der Waals surface area (Å²) < 4.78 is 15.0. The molecule has 17 rings (SSSR count). The van der Waals surface area contributed by atoms with Gasteiger partial charge in [0, 0.05) is 43.7 Å². The van der Waals surface area contributed by atoms with E-state index in [1.54, 1.807) is 0 Å². The van der Waals surface area contributed by atoms with Gasteiger partial charge in [-0.3, -0.25) is 0 Å². The minimum atomic E-state index is -0.832. The molecule has 12 aromatic carbocycles. The Morgan fingerprint density at radius 2 is 0.637 bits per heavy atom. The van der Waals surface area contributed by atoms with E-state index in [1.165, 1.54) is 174 Å². The molecule has 3 aliphatic carbocycles. The smallest absolute Gasteiger partial charge is 0.159 e. The lowest BCUT2D eigenvalue weighted by atomic mass is 9.67. The largest absolute Gasteiger partial charge is 0.454 e. The van der Waals surface area contributed by atoms with Crippen molar-refractivity contribution in [1.82, 2.24) is 0 Å². The Hall–Kier alpha value is -9.64. The Balaban J connectivity index is 0.990. The molecular weight excluding hydrogens is 1100 g/mol. The van der Waals surface area contributed by atoms with Crippen LogP contribution >= 0.6 is 0 Å². The third-order valence-electron chi connectivity index (χ3n) is 22.0. The number of rotatable bonds is 10. The van der Waals surface area contributed by atoms with Crippen LogP contribution < -0.4 is 9.80 Å². The fourth-order valence-corrected chi connectivity index (χ4v) is 17.1. The molecular formula is C87H76N2O2. The van der Waals surface area contributed by atoms with Crippen LogP contribution in [-0.4, -0.2) is 0 Å². The second-order valence-electron chi connectivity index (χ2n) is 26.9. The van der Waals surface area contributed by atoms with Gasteiger partial charge in [-0.15, -0.1) is 0 Å². The molecule has 0 unspecified atom stereocenters. The first kappa shape index (κ1) is 55.4.